The molecule has 12 heavy (non-hydrogen) atoms. The summed E-state index contributed by atoms with van der Waals surface area (Å²) in [5.74, 6) is 0. The zero-order valence-electron chi connectivity index (χ0n) is 6.70. The first-order valence-electron chi connectivity index (χ1n) is 3.75. The number of thiophene rings is 1. The van der Waals surface area contributed by atoms with E-state index in [1.54, 1.807) is 17.4 Å². The summed E-state index contributed by atoms with van der Waals surface area (Å²) in [7, 11) is 0. The molecule has 0 bridgehead atoms. The fraction of sp³-hybridized carbons (Fsp3) is 0.100. The van der Waals surface area contributed by atoms with Gasteiger partial charge in [-0.05, 0) is 47.5 Å². The summed E-state index contributed by atoms with van der Waals surface area (Å²) in [6.07, 6.45) is 0. The molecule has 0 N–H and O–H groups in total. The normalized spacial score (nSPS) is 10.4. The molecule has 0 unspecified atom stereocenters. The summed E-state index contributed by atoms with van der Waals surface area (Å²) in [6.45, 7) is 1.85. The van der Waals surface area contributed by atoms with Gasteiger partial charge in [0.25, 0.3) is 0 Å². The van der Waals surface area contributed by atoms with E-state index in [0.29, 0.717) is 0 Å². The van der Waals surface area contributed by atoms with Crippen LogP contribution in [0.5, 0.6) is 0 Å². The third-order valence-electron chi connectivity index (χ3n) is 1.87. The highest BCUT2D eigenvalue weighted by molar-refractivity contribution is 7.17. The van der Waals surface area contributed by atoms with Crippen molar-refractivity contribution in [2.45, 2.75) is 6.92 Å². The van der Waals surface area contributed by atoms with Crippen molar-refractivity contribution in [3.05, 3.63) is 45.4 Å². The Balaban J connectivity index is 2.98. The van der Waals surface area contributed by atoms with Crippen molar-refractivity contribution in [3.63, 3.8) is 0 Å². The van der Waals surface area contributed by atoms with Gasteiger partial charge in [-0.2, -0.15) is 0 Å². The van der Waals surface area contributed by atoms with Crippen molar-refractivity contribution in [2.75, 3.05) is 0 Å². The second-order valence-electron chi connectivity index (χ2n) is 2.77. The second-order valence-corrected chi connectivity index (χ2v) is 3.71. The predicted octanol–water partition coefficient (Wildman–Crippen LogP) is 2.57. The lowest BCUT2D eigenvalue weighted by Gasteiger charge is -1.79. The van der Waals surface area contributed by atoms with Crippen LogP contribution in [0.4, 0.5) is 0 Å². The zero-order valence-corrected chi connectivity index (χ0v) is 7.52. The topological polar surface area (TPSA) is 17.1 Å². The van der Waals surface area contributed by atoms with Gasteiger partial charge in [0.1, 0.15) is 0 Å². The number of fused-ring (bicyclic) bond motifs is 1. The molecule has 0 amide bonds. The Hall–Kier alpha value is -1.15. The van der Waals surface area contributed by atoms with Crippen LogP contribution in [0.2, 0.25) is 0 Å². The average molecular weight is 176 g/mol. The van der Waals surface area contributed by atoms with Gasteiger partial charge in [0.15, 0.2) is 5.43 Å². The zero-order chi connectivity index (χ0) is 8.55. The molecule has 2 aromatic rings. The second kappa shape index (κ2) is 2.72. The lowest BCUT2D eigenvalue weighted by atomic mass is 10.3. The van der Waals surface area contributed by atoms with E-state index < -0.39 is 0 Å². The maximum absolute atomic E-state index is 11.2. The number of aryl methyl sites for hydroxylation is 1. The minimum absolute atomic E-state index is 0.110. The lowest BCUT2D eigenvalue weighted by molar-refractivity contribution is 1.44. The quantitative estimate of drug-likeness (QED) is 0.603. The molecule has 0 saturated heterocycles. The molecule has 0 aliphatic heterocycles. The van der Waals surface area contributed by atoms with Crippen molar-refractivity contribution in [3.8, 4) is 0 Å². The fourth-order valence-electron chi connectivity index (χ4n) is 1.17. The van der Waals surface area contributed by atoms with Gasteiger partial charge in [-0.3, -0.25) is 4.79 Å². The number of hydrogen-bond donors (Lipinski definition) is 0. The van der Waals surface area contributed by atoms with Crippen LogP contribution in [0.25, 0.3) is 10.1 Å². The van der Waals surface area contributed by atoms with Crippen LogP contribution in [-0.2, 0) is 0 Å². The fourth-order valence-corrected chi connectivity index (χ4v) is 1.94. The summed E-state index contributed by atoms with van der Waals surface area (Å²) >= 11 is 1.66. The first kappa shape index (κ1) is 7.50. The first-order valence-corrected chi connectivity index (χ1v) is 4.63. The minimum atomic E-state index is 0.110. The first-order chi connectivity index (χ1) is 5.77. The molecular weight excluding hydrogens is 168 g/mol. The molecule has 1 heterocycles. The van der Waals surface area contributed by atoms with E-state index >= 15 is 0 Å². The largest absolute Gasteiger partial charge is 0.290 e. The van der Waals surface area contributed by atoms with Crippen LogP contribution >= 0.6 is 11.3 Å². The van der Waals surface area contributed by atoms with Crippen molar-refractivity contribution >= 4 is 21.4 Å². The van der Waals surface area contributed by atoms with Crippen LogP contribution in [0.1, 0.15) is 5.56 Å². The maximum Gasteiger partial charge on any atom is 0.181 e. The summed E-state index contributed by atoms with van der Waals surface area (Å²) in [6, 6.07) is 7.49. The van der Waals surface area contributed by atoms with Crippen LogP contribution in [-0.4, -0.2) is 0 Å². The van der Waals surface area contributed by atoms with Gasteiger partial charge in [-0.15, -0.1) is 11.3 Å². The summed E-state index contributed by atoms with van der Waals surface area (Å²) < 4.78 is 1.17. The molecule has 0 atom stereocenters. The Morgan fingerprint density at radius 1 is 1.25 bits per heavy atom. The molecule has 0 aliphatic carbocycles. The van der Waals surface area contributed by atoms with Gasteiger partial charge in [-0.25, -0.2) is 0 Å². The third-order valence-corrected chi connectivity index (χ3v) is 2.77. The molecule has 1 aromatic heterocycles. The van der Waals surface area contributed by atoms with E-state index in [9.17, 15) is 4.79 Å². The smallest absolute Gasteiger partial charge is 0.181 e. The van der Waals surface area contributed by atoms with E-state index in [4.69, 9.17) is 0 Å². The Kier molecular flexibility index (Phi) is 1.70. The molecule has 0 aliphatic rings. The van der Waals surface area contributed by atoms with Crippen molar-refractivity contribution in [1.29, 1.82) is 0 Å². The number of hydrogen-bond acceptors (Lipinski definition) is 2. The molecule has 0 saturated carbocycles. The summed E-state index contributed by atoms with van der Waals surface area (Å²) in [5.41, 5.74) is 0.918. The highest BCUT2D eigenvalue weighted by Gasteiger charge is 1.94. The summed E-state index contributed by atoms with van der Waals surface area (Å²) in [4.78, 5) is 11.2. The van der Waals surface area contributed by atoms with Crippen molar-refractivity contribution in [2.24, 2.45) is 0 Å². The van der Waals surface area contributed by atoms with E-state index in [2.05, 4.69) is 0 Å². The molecule has 0 fully saturated rings. The molecular formula is C10H8OS. The standard InChI is InChI=1S/C10H8OS/c1-7-6-8-4-5-12-10(8)3-2-9(7)11/h2-6H,1H3. The third kappa shape index (κ3) is 1.14. The van der Waals surface area contributed by atoms with E-state index in [1.807, 2.05) is 30.5 Å². The monoisotopic (exact) mass is 176 g/mol. The molecule has 1 nitrogen and oxygen atoms in total. The summed E-state index contributed by atoms with van der Waals surface area (Å²) in [5, 5.41) is 3.19. The van der Waals surface area contributed by atoms with Crippen LogP contribution in [0.15, 0.2) is 34.4 Å². The molecule has 0 radical (unpaired) electrons. The molecule has 2 heteroatoms. The van der Waals surface area contributed by atoms with Gasteiger partial charge in [0.2, 0.25) is 0 Å². The van der Waals surface area contributed by atoms with Gasteiger partial charge >= 0.3 is 0 Å². The van der Waals surface area contributed by atoms with E-state index in [0.717, 1.165) is 10.9 Å². The SMILES string of the molecule is Cc1cc2ccsc2ccc1=O. The van der Waals surface area contributed by atoms with Gasteiger partial charge in [0, 0.05) is 4.70 Å². The Morgan fingerprint density at radius 2 is 2.08 bits per heavy atom. The van der Waals surface area contributed by atoms with Gasteiger partial charge in [0.05, 0.1) is 0 Å². The van der Waals surface area contributed by atoms with Gasteiger partial charge < -0.3 is 0 Å². The van der Waals surface area contributed by atoms with E-state index in [1.165, 1.54) is 4.70 Å². The highest BCUT2D eigenvalue weighted by Crippen LogP contribution is 2.18. The molecule has 60 valence electrons. The molecule has 1 aromatic carbocycles. The molecule has 2 rings (SSSR count). The molecule has 0 spiro atoms. The Bertz CT molecular complexity index is 470. The van der Waals surface area contributed by atoms with Gasteiger partial charge in [-0.1, -0.05) is 0 Å². The average Bonchev–Trinajstić information content (AvgIpc) is 2.43. The number of rotatable bonds is 0. The lowest BCUT2D eigenvalue weighted by Crippen LogP contribution is -1.96. The predicted molar refractivity (Wildman–Crippen MR) is 52.8 cm³/mol. The van der Waals surface area contributed by atoms with Crippen LogP contribution < -0.4 is 5.43 Å². The van der Waals surface area contributed by atoms with Crippen LogP contribution in [0, 0.1) is 6.92 Å². The Labute approximate surface area is 74.3 Å². The Morgan fingerprint density at radius 3 is 2.92 bits per heavy atom. The highest BCUT2D eigenvalue weighted by atomic mass is 32.1. The van der Waals surface area contributed by atoms with E-state index in [-0.39, 0.29) is 5.43 Å². The van der Waals surface area contributed by atoms with Crippen molar-refractivity contribution in [1.82, 2.24) is 0 Å². The minimum Gasteiger partial charge on any atom is -0.290 e. The maximum atomic E-state index is 11.2. The van der Waals surface area contributed by atoms with Crippen LogP contribution in [0.3, 0.4) is 0 Å². The van der Waals surface area contributed by atoms with Crippen molar-refractivity contribution < 1.29 is 0 Å².